The number of hydrogen-bond acceptors (Lipinski definition) is 4. The maximum absolute atomic E-state index is 12.3. The van der Waals surface area contributed by atoms with Crippen molar-refractivity contribution in [3.8, 4) is 11.6 Å². The first-order valence-corrected chi connectivity index (χ1v) is 5.80. The molecular formula is C11H7BrF3N3O. The van der Waals surface area contributed by atoms with Crippen LogP contribution >= 0.6 is 15.9 Å². The van der Waals surface area contributed by atoms with Crippen molar-refractivity contribution in [1.29, 1.82) is 0 Å². The molecular weight excluding hydrogens is 327 g/mol. The second-order valence-electron chi connectivity index (χ2n) is 3.52. The van der Waals surface area contributed by atoms with E-state index in [9.17, 15) is 13.2 Å². The molecule has 8 heteroatoms. The van der Waals surface area contributed by atoms with E-state index in [1.54, 1.807) is 18.2 Å². The molecule has 1 aromatic carbocycles. The molecule has 0 aliphatic rings. The molecule has 0 aliphatic heterocycles. The van der Waals surface area contributed by atoms with Gasteiger partial charge in [0, 0.05) is 11.8 Å². The molecule has 2 N–H and O–H groups in total. The zero-order chi connectivity index (χ0) is 14.0. The number of nitrogen functional groups attached to an aromatic ring is 1. The number of benzene rings is 1. The van der Waals surface area contributed by atoms with Gasteiger partial charge in [0.1, 0.15) is 5.75 Å². The van der Waals surface area contributed by atoms with Crippen LogP contribution in [0.4, 0.5) is 18.9 Å². The number of hydrogen-bond donors (Lipinski definition) is 1. The number of anilines is 1. The number of halogens is 4. The van der Waals surface area contributed by atoms with Gasteiger partial charge < -0.3 is 10.5 Å². The quantitative estimate of drug-likeness (QED) is 0.852. The Morgan fingerprint density at radius 1 is 1.11 bits per heavy atom. The highest BCUT2D eigenvalue weighted by molar-refractivity contribution is 9.10. The van der Waals surface area contributed by atoms with E-state index < -0.39 is 11.9 Å². The summed E-state index contributed by atoms with van der Waals surface area (Å²) in [6.45, 7) is 0. The van der Waals surface area contributed by atoms with Gasteiger partial charge in [0.15, 0.2) is 5.69 Å². The van der Waals surface area contributed by atoms with Crippen molar-refractivity contribution in [2.75, 3.05) is 5.73 Å². The van der Waals surface area contributed by atoms with Crippen molar-refractivity contribution in [2.24, 2.45) is 0 Å². The van der Waals surface area contributed by atoms with Gasteiger partial charge in [0.25, 0.3) is 0 Å². The number of ether oxygens (including phenoxy) is 1. The summed E-state index contributed by atoms with van der Waals surface area (Å²) in [4.78, 5) is 0. The molecule has 0 bridgehead atoms. The lowest BCUT2D eigenvalue weighted by Crippen LogP contribution is -2.08. The molecule has 100 valence electrons. The molecule has 4 nitrogen and oxygen atoms in total. The van der Waals surface area contributed by atoms with Crippen molar-refractivity contribution in [1.82, 2.24) is 10.2 Å². The van der Waals surface area contributed by atoms with Crippen molar-refractivity contribution >= 4 is 21.6 Å². The molecule has 1 heterocycles. The number of nitrogens with two attached hydrogens (primary N) is 1. The predicted molar refractivity (Wildman–Crippen MR) is 65.7 cm³/mol. The Balaban J connectivity index is 2.23. The van der Waals surface area contributed by atoms with Crippen LogP contribution in [0.15, 0.2) is 34.8 Å². The first-order chi connectivity index (χ1) is 8.88. The van der Waals surface area contributed by atoms with Crippen LogP contribution in [-0.2, 0) is 6.18 Å². The molecule has 0 saturated heterocycles. The van der Waals surface area contributed by atoms with E-state index in [1.165, 1.54) is 0 Å². The fourth-order valence-corrected chi connectivity index (χ4v) is 1.59. The van der Waals surface area contributed by atoms with Crippen molar-refractivity contribution in [3.05, 3.63) is 40.5 Å². The minimum atomic E-state index is -4.52. The average molecular weight is 334 g/mol. The smallest absolute Gasteiger partial charge is 0.435 e. The van der Waals surface area contributed by atoms with Gasteiger partial charge in [-0.05, 0) is 34.1 Å². The third kappa shape index (κ3) is 3.14. The predicted octanol–water partition coefficient (Wildman–Crippen LogP) is 3.63. The Morgan fingerprint density at radius 2 is 1.84 bits per heavy atom. The van der Waals surface area contributed by atoms with Crippen LogP contribution in [0.3, 0.4) is 0 Å². The van der Waals surface area contributed by atoms with Gasteiger partial charge in [0.2, 0.25) is 5.88 Å². The summed E-state index contributed by atoms with van der Waals surface area (Å²) >= 11 is 3.21. The molecule has 0 atom stereocenters. The van der Waals surface area contributed by atoms with E-state index in [0.29, 0.717) is 15.9 Å². The standard InChI is InChI=1S/C11H7BrF3N3O/c12-10-6(16)2-1-3-7(10)19-9-5-4-8(17-18-9)11(13,14)15/h1-5H,16H2. The first kappa shape index (κ1) is 13.6. The number of alkyl halides is 3. The molecule has 0 saturated carbocycles. The zero-order valence-electron chi connectivity index (χ0n) is 9.28. The van der Waals surface area contributed by atoms with Crippen LogP contribution in [0.2, 0.25) is 0 Å². The van der Waals surface area contributed by atoms with Crippen LogP contribution in [0.5, 0.6) is 11.6 Å². The van der Waals surface area contributed by atoms with Crippen LogP contribution in [-0.4, -0.2) is 10.2 Å². The molecule has 0 spiro atoms. The maximum Gasteiger partial charge on any atom is 0.435 e. The highest BCUT2D eigenvalue weighted by Gasteiger charge is 2.33. The number of nitrogens with zero attached hydrogens (tertiary/aromatic N) is 2. The van der Waals surface area contributed by atoms with Gasteiger partial charge in [0.05, 0.1) is 4.47 Å². The van der Waals surface area contributed by atoms with E-state index in [2.05, 4.69) is 26.1 Å². The Kier molecular flexibility index (Phi) is 3.61. The van der Waals surface area contributed by atoms with Gasteiger partial charge in [-0.2, -0.15) is 13.2 Å². The molecule has 0 fully saturated rings. The summed E-state index contributed by atoms with van der Waals surface area (Å²) in [6, 6.07) is 6.77. The van der Waals surface area contributed by atoms with Gasteiger partial charge in [-0.25, -0.2) is 0 Å². The lowest BCUT2D eigenvalue weighted by molar-refractivity contribution is -0.141. The molecule has 2 rings (SSSR count). The Labute approximate surface area is 114 Å². The topological polar surface area (TPSA) is 61.0 Å². The van der Waals surface area contributed by atoms with Crippen molar-refractivity contribution < 1.29 is 17.9 Å². The van der Waals surface area contributed by atoms with Crippen molar-refractivity contribution in [3.63, 3.8) is 0 Å². The minimum Gasteiger partial charge on any atom is -0.436 e. The summed E-state index contributed by atoms with van der Waals surface area (Å²) in [6.07, 6.45) is -4.52. The van der Waals surface area contributed by atoms with Gasteiger partial charge in [-0.3, -0.25) is 0 Å². The van der Waals surface area contributed by atoms with Gasteiger partial charge >= 0.3 is 6.18 Å². The molecule has 0 radical (unpaired) electrons. The lowest BCUT2D eigenvalue weighted by Gasteiger charge is -2.09. The maximum atomic E-state index is 12.3. The highest BCUT2D eigenvalue weighted by Crippen LogP contribution is 2.33. The normalized spacial score (nSPS) is 11.4. The van der Waals surface area contributed by atoms with Gasteiger partial charge in [-0.15, -0.1) is 10.2 Å². The fourth-order valence-electron chi connectivity index (χ4n) is 1.24. The SMILES string of the molecule is Nc1cccc(Oc2ccc(C(F)(F)F)nn2)c1Br. The summed E-state index contributed by atoms with van der Waals surface area (Å²) in [7, 11) is 0. The third-order valence-electron chi connectivity index (χ3n) is 2.14. The number of rotatable bonds is 2. The van der Waals surface area contributed by atoms with E-state index in [1.807, 2.05) is 0 Å². The van der Waals surface area contributed by atoms with Crippen LogP contribution in [0.1, 0.15) is 5.69 Å². The molecule has 0 unspecified atom stereocenters. The Morgan fingerprint density at radius 3 is 2.42 bits per heavy atom. The third-order valence-corrected chi connectivity index (χ3v) is 2.99. The average Bonchev–Trinajstić information content (AvgIpc) is 2.35. The molecule has 0 aliphatic carbocycles. The first-order valence-electron chi connectivity index (χ1n) is 5.00. The van der Waals surface area contributed by atoms with E-state index >= 15 is 0 Å². The van der Waals surface area contributed by atoms with Crippen LogP contribution in [0, 0.1) is 0 Å². The fraction of sp³-hybridized carbons (Fsp3) is 0.0909. The Bertz CT molecular complexity index is 587. The molecule has 1 aromatic heterocycles. The summed E-state index contributed by atoms with van der Waals surface area (Å²) < 4.78 is 42.7. The summed E-state index contributed by atoms with van der Waals surface area (Å²) in [5.41, 5.74) is 5.01. The van der Waals surface area contributed by atoms with Crippen LogP contribution < -0.4 is 10.5 Å². The monoisotopic (exact) mass is 333 g/mol. The largest absolute Gasteiger partial charge is 0.436 e. The second kappa shape index (κ2) is 5.04. The van der Waals surface area contributed by atoms with Crippen LogP contribution in [0.25, 0.3) is 0 Å². The second-order valence-corrected chi connectivity index (χ2v) is 4.31. The van der Waals surface area contributed by atoms with E-state index in [-0.39, 0.29) is 5.88 Å². The summed E-state index contributed by atoms with van der Waals surface area (Å²) in [5.74, 6) is 0.286. The zero-order valence-corrected chi connectivity index (χ0v) is 10.9. The molecule has 0 amide bonds. The van der Waals surface area contributed by atoms with Crippen molar-refractivity contribution in [2.45, 2.75) is 6.18 Å². The van der Waals surface area contributed by atoms with Gasteiger partial charge in [-0.1, -0.05) is 6.07 Å². The number of aromatic nitrogens is 2. The van der Waals surface area contributed by atoms with E-state index in [4.69, 9.17) is 10.5 Å². The van der Waals surface area contributed by atoms with E-state index in [0.717, 1.165) is 12.1 Å². The summed E-state index contributed by atoms with van der Waals surface area (Å²) in [5, 5.41) is 6.41. The Hall–Kier alpha value is -1.83. The lowest BCUT2D eigenvalue weighted by atomic mass is 10.3. The minimum absolute atomic E-state index is 0.0562. The highest BCUT2D eigenvalue weighted by atomic mass is 79.9. The molecule has 2 aromatic rings. The molecule has 19 heavy (non-hydrogen) atoms.